The fourth-order valence-corrected chi connectivity index (χ4v) is 5.20. The summed E-state index contributed by atoms with van der Waals surface area (Å²) >= 11 is 11.6. The SMILES string of the molecule is Clc1ncc(CN2C3CCC2[I-]OC3)c(Cl)n1. The van der Waals surface area contributed by atoms with Gasteiger partial charge in [0.05, 0.1) is 0 Å². The van der Waals surface area contributed by atoms with E-state index in [-0.39, 0.29) is 26.9 Å². The second kappa shape index (κ2) is 5.13. The Balaban J connectivity index is 1.78. The molecule has 0 amide bonds. The van der Waals surface area contributed by atoms with Gasteiger partial charge in [-0.05, 0) is 0 Å². The molecule has 1 aromatic heterocycles. The van der Waals surface area contributed by atoms with Crippen LogP contribution in [0.1, 0.15) is 18.4 Å². The number of fused-ring (bicyclic) bond motifs is 2. The summed E-state index contributed by atoms with van der Waals surface area (Å²) in [6.07, 6.45) is 4.21. The van der Waals surface area contributed by atoms with Crippen LogP contribution in [0.25, 0.3) is 0 Å². The molecule has 0 aromatic carbocycles. The van der Waals surface area contributed by atoms with Gasteiger partial charge in [-0.1, -0.05) is 0 Å². The first-order valence-electron chi connectivity index (χ1n) is 5.42. The number of aromatic nitrogens is 2. The van der Waals surface area contributed by atoms with Gasteiger partial charge >= 0.3 is 121 Å². The number of alkyl halides is 1. The van der Waals surface area contributed by atoms with Crippen molar-refractivity contribution in [1.29, 1.82) is 0 Å². The first kappa shape index (κ1) is 12.3. The first-order chi connectivity index (χ1) is 8.24. The van der Waals surface area contributed by atoms with Gasteiger partial charge in [-0.2, -0.15) is 0 Å². The van der Waals surface area contributed by atoms with Gasteiger partial charge < -0.3 is 0 Å². The fraction of sp³-hybridized carbons (Fsp3) is 0.600. The third-order valence-electron chi connectivity index (χ3n) is 3.12. The van der Waals surface area contributed by atoms with Crippen molar-refractivity contribution >= 4 is 23.2 Å². The Morgan fingerprint density at radius 1 is 1.47 bits per heavy atom. The van der Waals surface area contributed by atoms with Crippen LogP contribution in [0, 0.1) is 0 Å². The zero-order valence-corrected chi connectivity index (χ0v) is 12.6. The molecule has 0 radical (unpaired) electrons. The zero-order chi connectivity index (χ0) is 11.8. The van der Waals surface area contributed by atoms with Crippen LogP contribution in [0.4, 0.5) is 0 Å². The number of hydrogen-bond donors (Lipinski definition) is 0. The maximum absolute atomic E-state index is 6.08. The molecule has 3 heterocycles. The minimum absolute atomic E-state index is 0.148. The van der Waals surface area contributed by atoms with E-state index in [1.54, 1.807) is 6.20 Å². The molecule has 0 N–H and O–H groups in total. The predicted octanol–water partition coefficient (Wildman–Crippen LogP) is -0.892. The number of hydrogen-bond acceptors (Lipinski definition) is 4. The van der Waals surface area contributed by atoms with Gasteiger partial charge in [0.25, 0.3) is 0 Å². The maximum atomic E-state index is 6.08. The summed E-state index contributed by atoms with van der Waals surface area (Å²) in [4.78, 5) is 10.5. The van der Waals surface area contributed by atoms with E-state index in [0.717, 1.165) is 18.7 Å². The molecule has 4 nitrogen and oxygen atoms in total. The van der Waals surface area contributed by atoms with Gasteiger partial charge in [-0.3, -0.25) is 0 Å². The van der Waals surface area contributed by atoms with E-state index in [4.69, 9.17) is 26.3 Å². The molecule has 2 saturated heterocycles. The molecule has 0 saturated carbocycles. The van der Waals surface area contributed by atoms with Gasteiger partial charge in [0.2, 0.25) is 0 Å². The van der Waals surface area contributed by atoms with Gasteiger partial charge in [-0.15, -0.1) is 0 Å². The first-order valence-corrected chi connectivity index (χ1v) is 8.30. The molecule has 2 atom stereocenters. The number of nitrogens with zero attached hydrogens (tertiary/aromatic N) is 3. The van der Waals surface area contributed by atoms with E-state index >= 15 is 0 Å². The van der Waals surface area contributed by atoms with Crippen LogP contribution < -0.4 is 21.6 Å². The molecule has 2 fully saturated rings. The van der Waals surface area contributed by atoms with Gasteiger partial charge in [0, 0.05) is 0 Å². The third kappa shape index (κ3) is 2.53. The molecule has 7 heteroatoms. The molecule has 2 bridgehead atoms. The van der Waals surface area contributed by atoms with Crippen LogP contribution in [0.5, 0.6) is 0 Å². The van der Waals surface area contributed by atoms with Crippen molar-refractivity contribution in [3.8, 4) is 0 Å². The summed E-state index contributed by atoms with van der Waals surface area (Å²) in [6, 6.07) is 0.542. The second-order valence-corrected chi connectivity index (χ2v) is 7.42. The molecule has 3 rings (SSSR count). The van der Waals surface area contributed by atoms with Crippen molar-refractivity contribution in [2.45, 2.75) is 29.5 Å². The van der Waals surface area contributed by atoms with E-state index in [0.29, 0.717) is 15.2 Å². The van der Waals surface area contributed by atoms with Crippen LogP contribution >= 0.6 is 23.2 Å². The van der Waals surface area contributed by atoms with Gasteiger partial charge in [0.15, 0.2) is 0 Å². The van der Waals surface area contributed by atoms with E-state index < -0.39 is 0 Å². The second-order valence-electron chi connectivity index (χ2n) is 4.16. The van der Waals surface area contributed by atoms with E-state index in [1.165, 1.54) is 12.8 Å². The average molecular weight is 387 g/mol. The molecule has 2 aliphatic heterocycles. The standard InChI is InChI=1S/C10H11Cl2IN3O/c11-9-6(3-14-10(12)15-9)4-16-7-1-2-8(16)13-17-5-7/h3,7-8H,1-2,4-5H2/q-1. The Hall–Kier alpha value is 0.310. The number of rotatable bonds is 2. The van der Waals surface area contributed by atoms with Crippen LogP contribution in [0.3, 0.4) is 0 Å². The Labute approximate surface area is 120 Å². The molecule has 94 valence electrons. The quantitative estimate of drug-likeness (QED) is 0.217. The Morgan fingerprint density at radius 2 is 2.35 bits per heavy atom. The molecule has 0 aliphatic carbocycles. The van der Waals surface area contributed by atoms with Gasteiger partial charge in [0.1, 0.15) is 0 Å². The van der Waals surface area contributed by atoms with Crippen molar-refractivity contribution in [2.24, 2.45) is 0 Å². The minimum atomic E-state index is -0.148. The van der Waals surface area contributed by atoms with Crippen LogP contribution in [-0.4, -0.2) is 31.6 Å². The van der Waals surface area contributed by atoms with Crippen LogP contribution in [-0.2, 0) is 9.61 Å². The zero-order valence-electron chi connectivity index (χ0n) is 8.94. The van der Waals surface area contributed by atoms with Crippen LogP contribution in [0.2, 0.25) is 10.4 Å². The summed E-state index contributed by atoms with van der Waals surface area (Å²) in [5, 5.41) is 0.671. The molecular weight excluding hydrogens is 376 g/mol. The predicted molar refractivity (Wildman–Crippen MR) is 60.4 cm³/mol. The van der Waals surface area contributed by atoms with Crippen molar-refractivity contribution in [3.63, 3.8) is 0 Å². The monoisotopic (exact) mass is 386 g/mol. The summed E-state index contributed by atoms with van der Waals surface area (Å²) in [7, 11) is 0. The summed E-state index contributed by atoms with van der Waals surface area (Å²) in [5.41, 5.74) is 0.957. The normalized spacial score (nSPS) is 29.1. The summed E-state index contributed by atoms with van der Waals surface area (Å²) in [6.45, 7) is 1.68. The molecular formula is C10H11Cl2IN3O-. The number of halogens is 3. The Bertz CT molecular complexity index is 418. The molecule has 1 aromatic rings. The fourth-order valence-electron chi connectivity index (χ4n) is 2.24. The summed E-state index contributed by atoms with van der Waals surface area (Å²) < 4.78 is 6.28. The van der Waals surface area contributed by atoms with E-state index in [9.17, 15) is 0 Å². The topological polar surface area (TPSA) is 38.2 Å². The molecule has 2 aliphatic rings. The Kier molecular flexibility index (Phi) is 3.72. The average Bonchev–Trinajstić information content (AvgIpc) is 2.54. The Morgan fingerprint density at radius 3 is 3.12 bits per heavy atom. The van der Waals surface area contributed by atoms with Crippen molar-refractivity contribution in [2.75, 3.05) is 6.61 Å². The molecule has 2 unspecified atom stereocenters. The van der Waals surface area contributed by atoms with Crippen molar-refractivity contribution in [3.05, 3.63) is 22.2 Å². The van der Waals surface area contributed by atoms with Gasteiger partial charge in [-0.25, -0.2) is 0 Å². The van der Waals surface area contributed by atoms with Crippen molar-refractivity contribution in [1.82, 2.24) is 14.9 Å². The van der Waals surface area contributed by atoms with Crippen LogP contribution in [0.15, 0.2) is 6.20 Å². The third-order valence-corrected chi connectivity index (χ3v) is 6.28. The van der Waals surface area contributed by atoms with E-state index in [2.05, 4.69) is 14.9 Å². The van der Waals surface area contributed by atoms with E-state index in [1.807, 2.05) is 0 Å². The molecule has 17 heavy (non-hydrogen) atoms. The molecule has 0 spiro atoms. The van der Waals surface area contributed by atoms with Crippen molar-refractivity contribution < 1.29 is 24.7 Å². The summed E-state index contributed by atoms with van der Waals surface area (Å²) in [5.74, 6) is 0.